The summed E-state index contributed by atoms with van der Waals surface area (Å²) in [4.78, 5) is 10.8. The van der Waals surface area contributed by atoms with E-state index in [1.165, 1.54) is 11.1 Å². The van der Waals surface area contributed by atoms with E-state index in [4.69, 9.17) is 4.74 Å². The number of rotatable bonds is 1. The molecule has 0 N–H and O–H groups in total. The van der Waals surface area contributed by atoms with Crippen LogP contribution in [-0.4, -0.2) is 6.29 Å². The van der Waals surface area contributed by atoms with Crippen molar-refractivity contribution in [1.82, 2.24) is 0 Å². The van der Waals surface area contributed by atoms with Crippen LogP contribution in [0.15, 0.2) is 16.6 Å². The Bertz CT molecular complexity index is 414. The molecule has 2 nitrogen and oxygen atoms in total. The van der Waals surface area contributed by atoms with Gasteiger partial charge in [0, 0.05) is 10.0 Å². The molecule has 72 valence electrons. The van der Waals surface area contributed by atoms with Crippen molar-refractivity contribution >= 4 is 22.2 Å². The number of carbonyl (C=O) groups excluding carboxylic acids is 1. The Balaban J connectivity index is 2.20. The van der Waals surface area contributed by atoms with Crippen LogP contribution < -0.4 is 0 Å². The first-order valence-electron chi connectivity index (χ1n) is 4.73. The van der Waals surface area contributed by atoms with Gasteiger partial charge < -0.3 is 4.74 Å². The maximum Gasteiger partial charge on any atom is 0.151 e. The minimum Gasteiger partial charge on any atom is -0.366 e. The van der Waals surface area contributed by atoms with Crippen LogP contribution in [0, 0.1) is 0 Å². The number of ether oxygens (including phenoxy) is 1. The molecule has 2 aliphatic rings. The summed E-state index contributed by atoms with van der Waals surface area (Å²) in [6, 6.07) is 3.99. The highest BCUT2D eigenvalue weighted by Crippen LogP contribution is 2.51. The molecular weight excluding hydrogens is 244 g/mol. The first-order chi connectivity index (χ1) is 6.79. The minimum absolute atomic E-state index is 0.238. The Labute approximate surface area is 90.4 Å². The highest BCUT2D eigenvalue weighted by atomic mass is 79.9. The molecule has 0 saturated carbocycles. The quantitative estimate of drug-likeness (QED) is 0.718. The molecule has 14 heavy (non-hydrogen) atoms. The molecule has 0 radical (unpaired) electrons. The molecule has 1 aromatic rings. The van der Waals surface area contributed by atoms with Crippen molar-refractivity contribution in [2.24, 2.45) is 0 Å². The summed E-state index contributed by atoms with van der Waals surface area (Å²) in [7, 11) is 0. The summed E-state index contributed by atoms with van der Waals surface area (Å²) < 4.78 is 6.64. The zero-order chi connectivity index (χ0) is 9.71. The Kier molecular flexibility index (Phi) is 1.79. The third-order valence-electron chi connectivity index (χ3n) is 3.04. The van der Waals surface area contributed by atoms with Crippen LogP contribution in [-0.2, 0) is 4.74 Å². The SMILES string of the molecule is O=Cc1cc2c(cc1Br)C1CCC2O1. The Morgan fingerprint density at radius 1 is 1.29 bits per heavy atom. The molecular formula is C11H9BrO2. The van der Waals surface area contributed by atoms with E-state index in [2.05, 4.69) is 15.9 Å². The molecule has 3 rings (SSSR count). The maximum absolute atomic E-state index is 10.8. The van der Waals surface area contributed by atoms with E-state index in [1.807, 2.05) is 12.1 Å². The van der Waals surface area contributed by atoms with Gasteiger partial charge in [0.1, 0.15) is 0 Å². The van der Waals surface area contributed by atoms with E-state index in [-0.39, 0.29) is 12.2 Å². The predicted octanol–water partition coefficient (Wildman–Crippen LogP) is 3.17. The van der Waals surface area contributed by atoms with E-state index < -0.39 is 0 Å². The van der Waals surface area contributed by atoms with Gasteiger partial charge >= 0.3 is 0 Å². The lowest BCUT2D eigenvalue weighted by Crippen LogP contribution is -1.99. The lowest BCUT2D eigenvalue weighted by atomic mass is 9.91. The van der Waals surface area contributed by atoms with Gasteiger partial charge in [-0.25, -0.2) is 0 Å². The van der Waals surface area contributed by atoms with E-state index in [9.17, 15) is 4.79 Å². The summed E-state index contributed by atoms with van der Waals surface area (Å²) in [6.45, 7) is 0. The van der Waals surface area contributed by atoms with E-state index in [0.29, 0.717) is 0 Å². The number of hydrogen-bond acceptors (Lipinski definition) is 2. The van der Waals surface area contributed by atoms with Crippen molar-refractivity contribution in [1.29, 1.82) is 0 Å². The predicted molar refractivity (Wildman–Crippen MR) is 55.3 cm³/mol. The van der Waals surface area contributed by atoms with Crippen LogP contribution in [0.25, 0.3) is 0 Å². The third kappa shape index (κ3) is 1.03. The smallest absolute Gasteiger partial charge is 0.151 e. The first kappa shape index (κ1) is 8.62. The minimum atomic E-state index is 0.238. The third-order valence-corrected chi connectivity index (χ3v) is 3.73. The Morgan fingerprint density at radius 2 is 1.93 bits per heavy atom. The lowest BCUT2D eigenvalue weighted by molar-refractivity contribution is 0.0716. The molecule has 0 amide bonds. The van der Waals surface area contributed by atoms with Gasteiger partial charge in [0.2, 0.25) is 0 Å². The summed E-state index contributed by atoms with van der Waals surface area (Å²) >= 11 is 3.39. The fourth-order valence-corrected chi connectivity index (χ4v) is 2.82. The fourth-order valence-electron chi connectivity index (χ4n) is 2.37. The van der Waals surface area contributed by atoms with Crippen molar-refractivity contribution in [3.63, 3.8) is 0 Å². The average molecular weight is 253 g/mol. The van der Waals surface area contributed by atoms with Gasteiger partial charge in [-0.05, 0) is 36.1 Å². The first-order valence-corrected chi connectivity index (χ1v) is 5.53. The van der Waals surface area contributed by atoms with Crippen molar-refractivity contribution < 1.29 is 9.53 Å². The van der Waals surface area contributed by atoms with Crippen molar-refractivity contribution in [3.05, 3.63) is 33.3 Å². The monoisotopic (exact) mass is 252 g/mol. The molecule has 0 aliphatic carbocycles. The molecule has 1 fully saturated rings. The highest BCUT2D eigenvalue weighted by Gasteiger charge is 2.38. The second-order valence-corrected chi connectivity index (χ2v) is 4.67. The molecule has 0 spiro atoms. The highest BCUT2D eigenvalue weighted by molar-refractivity contribution is 9.10. The molecule has 1 aromatic carbocycles. The van der Waals surface area contributed by atoms with Gasteiger partial charge in [-0.2, -0.15) is 0 Å². The second-order valence-electron chi connectivity index (χ2n) is 3.81. The van der Waals surface area contributed by atoms with Crippen LogP contribution >= 0.6 is 15.9 Å². The van der Waals surface area contributed by atoms with E-state index in [1.54, 1.807) is 0 Å². The largest absolute Gasteiger partial charge is 0.366 e. The van der Waals surface area contributed by atoms with Gasteiger partial charge in [0.15, 0.2) is 6.29 Å². The molecule has 2 bridgehead atoms. The zero-order valence-corrected chi connectivity index (χ0v) is 9.08. The van der Waals surface area contributed by atoms with Crippen molar-refractivity contribution in [2.75, 3.05) is 0 Å². The number of hydrogen-bond donors (Lipinski definition) is 0. The van der Waals surface area contributed by atoms with Gasteiger partial charge in [-0.3, -0.25) is 4.79 Å². The molecule has 2 atom stereocenters. The number of fused-ring (bicyclic) bond motifs is 5. The Morgan fingerprint density at radius 3 is 2.57 bits per heavy atom. The summed E-state index contributed by atoms with van der Waals surface area (Å²) in [6.07, 6.45) is 3.60. The molecule has 3 heteroatoms. The summed E-state index contributed by atoms with van der Waals surface area (Å²) in [5.74, 6) is 0. The zero-order valence-electron chi connectivity index (χ0n) is 7.50. The van der Waals surface area contributed by atoms with Gasteiger partial charge in [-0.15, -0.1) is 0 Å². The van der Waals surface area contributed by atoms with Crippen molar-refractivity contribution in [3.8, 4) is 0 Å². The normalized spacial score (nSPS) is 27.8. The standard InChI is InChI=1S/C11H9BrO2/c12-9-4-8-7(3-6(9)5-13)10-1-2-11(8)14-10/h3-5,10-11H,1-2H2. The van der Waals surface area contributed by atoms with E-state index >= 15 is 0 Å². The number of carbonyl (C=O) groups is 1. The van der Waals surface area contributed by atoms with Gasteiger partial charge in [0.25, 0.3) is 0 Å². The second kappa shape index (κ2) is 2.91. The lowest BCUT2D eigenvalue weighted by Gasteiger charge is -2.12. The van der Waals surface area contributed by atoms with Gasteiger partial charge in [-0.1, -0.05) is 15.9 Å². The topological polar surface area (TPSA) is 26.3 Å². The molecule has 0 aromatic heterocycles. The van der Waals surface area contributed by atoms with Crippen LogP contribution in [0.3, 0.4) is 0 Å². The fraction of sp³-hybridized carbons (Fsp3) is 0.364. The molecule has 2 unspecified atom stereocenters. The molecule has 2 heterocycles. The number of benzene rings is 1. The van der Waals surface area contributed by atoms with Crippen molar-refractivity contribution in [2.45, 2.75) is 25.0 Å². The van der Waals surface area contributed by atoms with Crippen LogP contribution in [0.5, 0.6) is 0 Å². The maximum atomic E-state index is 10.8. The van der Waals surface area contributed by atoms with Crippen LogP contribution in [0.1, 0.15) is 46.5 Å². The van der Waals surface area contributed by atoms with Gasteiger partial charge in [0.05, 0.1) is 12.2 Å². The molecule has 1 saturated heterocycles. The average Bonchev–Trinajstić information content (AvgIpc) is 2.77. The number of aldehydes is 1. The van der Waals surface area contributed by atoms with Crippen LogP contribution in [0.2, 0.25) is 0 Å². The number of halogens is 1. The summed E-state index contributed by atoms with van der Waals surface area (Å²) in [5.41, 5.74) is 3.20. The summed E-state index contributed by atoms with van der Waals surface area (Å²) in [5, 5.41) is 0. The van der Waals surface area contributed by atoms with E-state index in [0.717, 1.165) is 29.2 Å². The molecule has 2 aliphatic heterocycles. The van der Waals surface area contributed by atoms with Crippen LogP contribution in [0.4, 0.5) is 0 Å². The Hall–Kier alpha value is -0.670.